The molecule has 0 aromatic heterocycles. The summed E-state index contributed by atoms with van der Waals surface area (Å²) in [5, 5.41) is 7.06. The number of carbonyl (C=O) groups is 1. The van der Waals surface area contributed by atoms with Crippen LogP contribution in [0.15, 0.2) is 48.5 Å². The molecule has 23 heavy (non-hydrogen) atoms. The molecule has 120 valence electrons. The van der Waals surface area contributed by atoms with Gasteiger partial charge in [-0.15, -0.1) is 0 Å². The van der Waals surface area contributed by atoms with Crippen LogP contribution in [0.25, 0.3) is 0 Å². The van der Waals surface area contributed by atoms with Crippen LogP contribution in [0.1, 0.15) is 29.9 Å². The molecule has 0 saturated carbocycles. The maximum Gasteiger partial charge on any atom is 0.228 e. The Morgan fingerprint density at radius 3 is 2.52 bits per heavy atom. The molecule has 2 N–H and O–H groups in total. The third-order valence-corrected chi connectivity index (χ3v) is 4.49. The van der Waals surface area contributed by atoms with Gasteiger partial charge in [0.2, 0.25) is 5.91 Å². The van der Waals surface area contributed by atoms with Gasteiger partial charge in [0.25, 0.3) is 0 Å². The van der Waals surface area contributed by atoms with Crippen molar-refractivity contribution >= 4 is 23.2 Å². The maximum absolute atomic E-state index is 12.1. The van der Waals surface area contributed by atoms with Crippen LogP contribution in [-0.2, 0) is 11.2 Å². The van der Waals surface area contributed by atoms with Gasteiger partial charge in [0.1, 0.15) is 0 Å². The Hall–Kier alpha value is -1.84. The molecular weight excluding hydrogens is 308 g/mol. The van der Waals surface area contributed by atoms with Crippen LogP contribution in [0.2, 0.25) is 5.02 Å². The second-order valence-electron chi connectivity index (χ2n) is 6.02. The zero-order valence-corrected chi connectivity index (χ0v) is 13.8. The number of benzene rings is 2. The second kappa shape index (κ2) is 7.62. The molecule has 1 saturated heterocycles. The van der Waals surface area contributed by atoms with Crippen molar-refractivity contribution in [3.63, 3.8) is 0 Å². The van der Waals surface area contributed by atoms with Crippen molar-refractivity contribution in [1.82, 2.24) is 5.32 Å². The van der Waals surface area contributed by atoms with Gasteiger partial charge in [-0.25, -0.2) is 0 Å². The zero-order chi connectivity index (χ0) is 16.1. The topological polar surface area (TPSA) is 41.1 Å². The summed E-state index contributed by atoms with van der Waals surface area (Å²) < 4.78 is 0. The summed E-state index contributed by atoms with van der Waals surface area (Å²) in [6.07, 6.45) is 2.81. The minimum absolute atomic E-state index is 0.0144. The average Bonchev–Trinajstić information content (AvgIpc) is 2.58. The molecule has 2 aromatic carbocycles. The fourth-order valence-corrected chi connectivity index (χ4v) is 3.09. The van der Waals surface area contributed by atoms with Crippen molar-refractivity contribution in [3.05, 3.63) is 64.7 Å². The molecule has 0 spiro atoms. The number of rotatable bonds is 4. The number of anilines is 1. The highest BCUT2D eigenvalue weighted by molar-refractivity contribution is 6.30. The predicted octanol–water partition coefficient (Wildman–Crippen LogP) is 3.99. The molecule has 0 aliphatic carbocycles. The Kier molecular flexibility index (Phi) is 5.31. The molecule has 1 aliphatic heterocycles. The first-order valence-corrected chi connectivity index (χ1v) is 8.43. The molecular formula is C19H21ClN2O. The lowest BCUT2D eigenvalue weighted by atomic mass is 9.91. The lowest BCUT2D eigenvalue weighted by molar-refractivity contribution is -0.115. The van der Waals surface area contributed by atoms with E-state index < -0.39 is 0 Å². The van der Waals surface area contributed by atoms with Gasteiger partial charge in [0.15, 0.2) is 0 Å². The third kappa shape index (κ3) is 4.57. The van der Waals surface area contributed by atoms with Gasteiger partial charge < -0.3 is 10.6 Å². The van der Waals surface area contributed by atoms with Crippen molar-refractivity contribution in [2.24, 2.45) is 0 Å². The lowest BCUT2D eigenvalue weighted by Gasteiger charge is -2.23. The molecule has 1 amide bonds. The van der Waals surface area contributed by atoms with Crippen molar-refractivity contribution < 1.29 is 4.79 Å². The summed E-state index contributed by atoms with van der Waals surface area (Å²) in [6, 6.07) is 15.6. The normalized spacial score (nSPS) is 17.7. The third-order valence-electron chi connectivity index (χ3n) is 4.24. The number of piperidine rings is 1. The smallest absolute Gasteiger partial charge is 0.228 e. The number of carbonyl (C=O) groups excluding carboxylic acids is 1. The fraction of sp³-hybridized carbons (Fsp3) is 0.316. The minimum atomic E-state index is -0.0144. The first-order valence-electron chi connectivity index (χ1n) is 8.06. The first kappa shape index (κ1) is 16.0. The summed E-state index contributed by atoms with van der Waals surface area (Å²) in [4.78, 5) is 12.1. The molecule has 1 fully saturated rings. The summed E-state index contributed by atoms with van der Waals surface area (Å²) >= 11 is 5.85. The second-order valence-corrected chi connectivity index (χ2v) is 6.45. The SMILES string of the molecule is O=C(Cc1ccc(Cl)cc1)Nc1ccc(C2CCCNC2)cc1. The Bertz CT molecular complexity index is 646. The standard InChI is InChI=1S/C19H21ClN2O/c20-17-7-3-14(4-8-17)12-19(23)22-18-9-5-15(6-10-18)16-2-1-11-21-13-16/h3-10,16,21H,1-2,11-13H2,(H,22,23). The van der Waals surface area contributed by atoms with Crippen LogP contribution in [-0.4, -0.2) is 19.0 Å². The van der Waals surface area contributed by atoms with E-state index in [4.69, 9.17) is 11.6 Å². The van der Waals surface area contributed by atoms with Crippen LogP contribution in [0, 0.1) is 0 Å². The number of amides is 1. The van der Waals surface area contributed by atoms with Gasteiger partial charge in [0.05, 0.1) is 6.42 Å². The lowest BCUT2D eigenvalue weighted by Crippen LogP contribution is -2.28. The first-order chi connectivity index (χ1) is 11.2. The van der Waals surface area contributed by atoms with E-state index in [9.17, 15) is 4.79 Å². The molecule has 3 rings (SSSR count). The molecule has 2 aromatic rings. The van der Waals surface area contributed by atoms with Crippen molar-refractivity contribution in [2.75, 3.05) is 18.4 Å². The number of nitrogens with one attached hydrogen (secondary N) is 2. The average molecular weight is 329 g/mol. The Balaban J connectivity index is 1.57. The van der Waals surface area contributed by atoms with Crippen LogP contribution in [0.5, 0.6) is 0 Å². The van der Waals surface area contributed by atoms with E-state index in [1.54, 1.807) is 12.1 Å². The number of halogens is 1. The Labute approximate surface area is 142 Å². The van der Waals surface area contributed by atoms with Crippen LogP contribution >= 0.6 is 11.6 Å². The zero-order valence-electron chi connectivity index (χ0n) is 13.0. The summed E-state index contributed by atoms with van der Waals surface area (Å²) in [5.74, 6) is 0.571. The van der Waals surface area contributed by atoms with Gasteiger partial charge in [-0.05, 0) is 60.7 Å². The van der Waals surface area contributed by atoms with Crippen molar-refractivity contribution in [3.8, 4) is 0 Å². The predicted molar refractivity (Wildman–Crippen MR) is 95.1 cm³/mol. The van der Waals surface area contributed by atoms with Gasteiger partial charge in [-0.2, -0.15) is 0 Å². The Morgan fingerprint density at radius 2 is 1.87 bits per heavy atom. The highest BCUT2D eigenvalue weighted by Crippen LogP contribution is 2.24. The quantitative estimate of drug-likeness (QED) is 0.891. The molecule has 1 atom stereocenters. The Morgan fingerprint density at radius 1 is 1.13 bits per heavy atom. The number of hydrogen-bond donors (Lipinski definition) is 2. The van der Waals surface area contributed by atoms with Crippen molar-refractivity contribution in [2.45, 2.75) is 25.2 Å². The van der Waals surface area contributed by atoms with E-state index in [-0.39, 0.29) is 5.91 Å². The molecule has 1 aliphatic rings. The van der Waals surface area contributed by atoms with Gasteiger partial charge in [-0.1, -0.05) is 35.9 Å². The van der Waals surface area contributed by atoms with Crippen LogP contribution < -0.4 is 10.6 Å². The largest absolute Gasteiger partial charge is 0.326 e. The van der Waals surface area contributed by atoms with E-state index in [1.165, 1.54) is 18.4 Å². The molecule has 1 heterocycles. The summed E-state index contributed by atoms with van der Waals surface area (Å²) in [7, 11) is 0. The highest BCUT2D eigenvalue weighted by atomic mass is 35.5. The summed E-state index contributed by atoms with van der Waals surface area (Å²) in [5.41, 5.74) is 3.14. The molecule has 3 nitrogen and oxygen atoms in total. The van der Waals surface area contributed by atoms with E-state index in [0.29, 0.717) is 17.4 Å². The van der Waals surface area contributed by atoms with E-state index >= 15 is 0 Å². The van der Waals surface area contributed by atoms with Crippen LogP contribution in [0.4, 0.5) is 5.69 Å². The van der Waals surface area contributed by atoms with E-state index in [0.717, 1.165) is 24.3 Å². The monoisotopic (exact) mass is 328 g/mol. The fourth-order valence-electron chi connectivity index (χ4n) is 2.97. The molecule has 0 radical (unpaired) electrons. The minimum Gasteiger partial charge on any atom is -0.326 e. The molecule has 0 bridgehead atoms. The maximum atomic E-state index is 12.1. The van der Waals surface area contributed by atoms with Gasteiger partial charge >= 0.3 is 0 Å². The van der Waals surface area contributed by atoms with E-state index in [2.05, 4.69) is 22.8 Å². The molecule has 4 heteroatoms. The summed E-state index contributed by atoms with van der Waals surface area (Å²) in [6.45, 7) is 2.16. The van der Waals surface area contributed by atoms with Crippen molar-refractivity contribution in [1.29, 1.82) is 0 Å². The highest BCUT2D eigenvalue weighted by Gasteiger charge is 2.14. The van der Waals surface area contributed by atoms with E-state index in [1.807, 2.05) is 24.3 Å². The van der Waals surface area contributed by atoms with Crippen LogP contribution in [0.3, 0.4) is 0 Å². The molecule has 1 unspecified atom stereocenters. The van der Waals surface area contributed by atoms with Gasteiger partial charge in [0, 0.05) is 17.3 Å². The van der Waals surface area contributed by atoms with Gasteiger partial charge in [-0.3, -0.25) is 4.79 Å². The number of hydrogen-bond acceptors (Lipinski definition) is 2.